The van der Waals surface area contributed by atoms with Gasteiger partial charge in [0.15, 0.2) is 5.82 Å². The molecule has 3 heterocycles. The number of aromatic nitrogens is 3. The van der Waals surface area contributed by atoms with E-state index in [0.717, 1.165) is 32.5 Å². The van der Waals surface area contributed by atoms with Gasteiger partial charge in [-0.05, 0) is 31.4 Å². The van der Waals surface area contributed by atoms with Crippen molar-refractivity contribution in [2.24, 2.45) is 5.92 Å². The molecule has 0 saturated heterocycles. The summed E-state index contributed by atoms with van der Waals surface area (Å²) in [6, 6.07) is 4.01. The number of fused-ring (bicyclic) bond motifs is 3. The Labute approximate surface area is 140 Å². The lowest BCUT2D eigenvalue weighted by atomic mass is 9.98. The largest absolute Gasteiger partial charge is 0.304 e. The van der Waals surface area contributed by atoms with Crippen LogP contribution in [0.3, 0.4) is 0 Å². The van der Waals surface area contributed by atoms with E-state index in [0.29, 0.717) is 17.3 Å². The van der Waals surface area contributed by atoms with Crippen LogP contribution in [0, 0.1) is 12.8 Å². The topological polar surface area (TPSA) is 70.7 Å². The Morgan fingerprint density at radius 2 is 2.35 bits per heavy atom. The van der Waals surface area contributed by atoms with E-state index in [1.165, 1.54) is 0 Å². The lowest BCUT2D eigenvalue weighted by Crippen LogP contribution is -2.15. The van der Waals surface area contributed by atoms with Gasteiger partial charge in [0.1, 0.15) is 4.83 Å². The molecule has 6 heteroatoms. The van der Waals surface area contributed by atoms with Crippen molar-refractivity contribution in [3.8, 4) is 0 Å². The van der Waals surface area contributed by atoms with E-state index < -0.39 is 0 Å². The number of pyridine rings is 1. The average molecular weight is 328 g/mol. The molecular weight excluding hydrogens is 308 g/mol. The molecule has 1 atom stereocenters. The number of nitrogens with one attached hydrogen (secondary N) is 2. The Balaban J connectivity index is 0.00000113. The van der Waals surface area contributed by atoms with Crippen molar-refractivity contribution < 1.29 is 7.65 Å². The first kappa shape index (κ1) is 14.1. The number of allylic oxidation sites excluding steroid dienone is 2. The summed E-state index contributed by atoms with van der Waals surface area (Å²) in [6.07, 6.45) is 6.80. The van der Waals surface area contributed by atoms with Crippen molar-refractivity contribution in [2.45, 2.75) is 20.3 Å². The third kappa shape index (κ3) is 2.45. The molecule has 0 aromatic carbocycles. The molecule has 0 saturated carbocycles. The second-order valence-corrected chi connectivity index (χ2v) is 6.87. The predicted octanol–water partition coefficient (Wildman–Crippen LogP) is 4.43. The third-order valence-corrected chi connectivity index (χ3v) is 5.10. The SMILES string of the molecule is Cc1ccc2c(n1)sc1c(NC(=O)C3=CCC(C)C=C3)n[nH]c12.[HH].[HH]. The minimum atomic E-state index is -0.122. The van der Waals surface area contributed by atoms with Gasteiger partial charge in [0, 0.05) is 19.5 Å². The van der Waals surface area contributed by atoms with Crippen LogP contribution in [0.4, 0.5) is 5.82 Å². The molecule has 0 spiro atoms. The molecule has 120 valence electrons. The van der Waals surface area contributed by atoms with Gasteiger partial charge in [0.05, 0.1) is 10.2 Å². The van der Waals surface area contributed by atoms with Crippen LogP contribution in [0.25, 0.3) is 20.4 Å². The van der Waals surface area contributed by atoms with Crippen molar-refractivity contribution in [3.05, 3.63) is 41.6 Å². The Hall–Kier alpha value is -2.47. The number of carbonyl (C=O) groups excluding carboxylic acids is 1. The number of carbonyl (C=O) groups is 1. The maximum Gasteiger partial charge on any atom is 0.256 e. The lowest BCUT2D eigenvalue weighted by Gasteiger charge is -2.10. The third-order valence-electron chi connectivity index (χ3n) is 4.00. The van der Waals surface area contributed by atoms with Crippen LogP contribution in [-0.4, -0.2) is 21.1 Å². The molecule has 2 N–H and O–H groups in total. The predicted molar refractivity (Wildman–Crippen MR) is 97.9 cm³/mol. The number of nitrogens with zero attached hydrogens (tertiary/aromatic N) is 2. The fraction of sp³-hybridized carbons (Fsp3) is 0.235. The summed E-state index contributed by atoms with van der Waals surface area (Å²) < 4.78 is 0.931. The fourth-order valence-corrected chi connectivity index (χ4v) is 3.79. The maximum absolute atomic E-state index is 12.4. The molecule has 0 fully saturated rings. The van der Waals surface area contributed by atoms with Crippen molar-refractivity contribution in [3.63, 3.8) is 0 Å². The van der Waals surface area contributed by atoms with Crippen LogP contribution < -0.4 is 5.32 Å². The number of aryl methyl sites for hydroxylation is 1. The first-order valence-corrected chi connectivity index (χ1v) is 8.37. The van der Waals surface area contributed by atoms with Crippen molar-refractivity contribution in [1.29, 1.82) is 0 Å². The first-order valence-electron chi connectivity index (χ1n) is 7.56. The molecule has 23 heavy (non-hydrogen) atoms. The van der Waals surface area contributed by atoms with E-state index in [1.54, 1.807) is 11.3 Å². The van der Waals surface area contributed by atoms with Gasteiger partial charge in [-0.25, -0.2) is 4.98 Å². The summed E-state index contributed by atoms with van der Waals surface area (Å²) in [7, 11) is 0. The number of hydrogen-bond acceptors (Lipinski definition) is 4. The van der Waals surface area contributed by atoms with Crippen LogP contribution >= 0.6 is 11.3 Å². The average Bonchev–Trinajstić information content (AvgIpc) is 3.07. The maximum atomic E-state index is 12.4. The lowest BCUT2D eigenvalue weighted by molar-refractivity contribution is -0.112. The normalized spacial score (nSPS) is 17.7. The number of hydrogen-bond donors (Lipinski definition) is 2. The molecule has 0 aliphatic heterocycles. The highest BCUT2D eigenvalue weighted by molar-refractivity contribution is 7.26. The number of H-pyrrole nitrogens is 1. The molecule has 3 aromatic heterocycles. The van der Waals surface area contributed by atoms with E-state index in [4.69, 9.17) is 0 Å². The van der Waals surface area contributed by atoms with Gasteiger partial charge >= 0.3 is 0 Å². The quantitative estimate of drug-likeness (QED) is 0.731. The molecule has 1 unspecified atom stereocenters. The molecule has 1 amide bonds. The van der Waals surface area contributed by atoms with Gasteiger partial charge in [-0.15, -0.1) is 11.3 Å². The number of thiophene rings is 1. The Morgan fingerprint density at radius 1 is 1.48 bits per heavy atom. The second-order valence-electron chi connectivity index (χ2n) is 5.87. The zero-order chi connectivity index (χ0) is 16.0. The van der Waals surface area contributed by atoms with E-state index in [9.17, 15) is 4.79 Å². The summed E-state index contributed by atoms with van der Waals surface area (Å²) in [6.45, 7) is 4.10. The standard InChI is InChI=1S/C17H16N4OS.2H2/c1-9-3-6-11(7-4-9)16(22)19-15-14-13(20-21-15)12-8-5-10(2)18-17(12)23-14;;/h3,5-9H,4H2,1-2H3,(H2,19,20,21,22);2*1H. The second kappa shape index (κ2) is 5.31. The van der Waals surface area contributed by atoms with Crippen molar-refractivity contribution >= 4 is 43.5 Å². The van der Waals surface area contributed by atoms with Gasteiger partial charge in [-0.2, -0.15) is 5.10 Å². The zero-order valence-electron chi connectivity index (χ0n) is 12.9. The van der Waals surface area contributed by atoms with Crippen LogP contribution in [0.1, 0.15) is 21.9 Å². The van der Waals surface area contributed by atoms with Gasteiger partial charge in [0.25, 0.3) is 5.91 Å². The van der Waals surface area contributed by atoms with E-state index in [-0.39, 0.29) is 8.76 Å². The minimum absolute atomic E-state index is 0. The molecule has 1 aliphatic carbocycles. The molecule has 4 rings (SSSR count). The highest BCUT2D eigenvalue weighted by Crippen LogP contribution is 2.35. The first-order chi connectivity index (χ1) is 11.1. The van der Waals surface area contributed by atoms with Crippen LogP contribution in [-0.2, 0) is 4.79 Å². The van der Waals surface area contributed by atoms with Crippen molar-refractivity contribution in [1.82, 2.24) is 15.2 Å². The summed E-state index contributed by atoms with van der Waals surface area (Å²) in [4.78, 5) is 17.9. The highest BCUT2D eigenvalue weighted by Gasteiger charge is 2.17. The smallest absolute Gasteiger partial charge is 0.256 e. The van der Waals surface area contributed by atoms with E-state index in [1.807, 2.05) is 31.2 Å². The molecule has 0 radical (unpaired) electrons. The Kier molecular flexibility index (Phi) is 3.27. The van der Waals surface area contributed by atoms with Crippen LogP contribution in [0.2, 0.25) is 0 Å². The van der Waals surface area contributed by atoms with Gasteiger partial charge in [-0.1, -0.05) is 25.2 Å². The zero-order valence-corrected chi connectivity index (χ0v) is 13.7. The van der Waals surface area contributed by atoms with Crippen LogP contribution in [0.15, 0.2) is 35.9 Å². The fourth-order valence-electron chi connectivity index (χ4n) is 2.67. The van der Waals surface area contributed by atoms with E-state index >= 15 is 0 Å². The van der Waals surface area contributed by atoms with Gasteiger partial charge in [-0.3, -0.25) is 9.89 Å². The highest BCUT2D eigenvalue weighted by atomic mass is 32.1. The van der Waals surface area contributed by atoms with Gasteiger partial charge < -0.3 is 5.32 Å². The summed E-state index contributed by atoms with van der Waals surface area (Å²) in [5.74, 6) is 0.933. The van der Waals surface area contributed by atoms with Crippen molar-refractivity contribution in [2.75, 3.05) is 5.32 Å². The molecular formula is C17H20N4OS. The molecule has 3 aromatic rings. The molecule has 5 nitrogen and oxygen atoms in total. The molecule has 1 aliphatic rings. The van der Waals surface area contributed by atoms with Crippen LogP contribution in [0.5, 0.6) is 0 Å². The number of aromatic amines is 1. The number of rotatable bonds is 2. The Morgan fingerprint density at radius 3 is 3.13 bits per heavy atom. The van der Waals surface area contributed by atoms with E-state index in [2.05, 4.69) is 33.5 Å². The summed E-state index contributed by atoms with van der Waals surface area (Å²) >= 11 is 1.54. The monoisotopic (exact) mass is 328 g/mol. The molecule has 0 bridgehead atoms. The minimum Gasteiger partial charge on any atom is -0.304 e. The number of anilines is 1. The Bertz CT molecular complexity index is 989. The number of amides is 1. The summed E-state index contributed by atoms with van der Waals surface area (Å²) in [5.41, 5.74) is 2.59. The van der Waals surface area contributed by atoms with Gasteiger partial charge in [0.2, 0.25) is 0 Å². The summed E-state index contributed by atoms with van der Waals surface area (Å²) in [5, 5.41) is 11.2.